The molecule has 4 nitrogen and oxygen atoms in total. The fourth-order valence-corrected chi connectivity index (χ4v) is 3.55. The predicted octanol–water partition coefficient (Wildman–Crippen LogP) is 2.04. The van der Waals surface area contributed by atoms with Crippen molar-refractivity contribution in [1.29, 1.82) is 0 Å². The summed E-state index contributed by atoms with van der Waals surface area (Å²) in [6.07, 6.45) is 1.88. The molecule has 2 unspecified atom stereocenters. The topological polar surface area (TPSA) is 45.1 Å². The molecule has 1 aromatic carbocycles. The Morgan fingerprint density at radius 2 is 2.26 bits per heavy atom. The number of methoxy groups -OCH3 is 1. The van der Waals surface area contributed by atoms with E-state index in [0.717, 1.165) is 30.8 Å². The van der Waals surface area contributed by atoms with E-state index in [4.69, 9.17) is 4.74 Å². The summed E-state index contributed by atoms with van der Waals surface area (Å²) in [7, 11) is 3.79. The smallest absolute Gasteiger partial charge is 0.119 e. The summed E-state index contributed by atoms with van der Waals surface area (Å²) in [5.74, 6) is 0.870. The van der Waals surface area contributed by atoms with Crippen LogP contribution in [0.5, 0.6) is 5.75 Å². The first kappa shape index (κ1) is 12.5. The van der Waals surface area contributed by atoms with Crippen LogP contribution < -0.4 is 4.74 Å². The normalized spacial score (nSPS) is 32.2. The molecule has 1 fully saturated rings. The molecule has 2 aliphatic rings. The Morgan fingerprint density at radius 3 is 2.95 bits per heavy atom. The molecule has 0 amide bonds. The molecule has 2 atom stereocenters. The number of fused-ring (bicyclic) bond motifs is 4. The molecule has 1 aromatic rings. The van der Waals surface area contributed by atoms with Crippen molar-refractivity contribution in [3.63, 3.8) is 0 Å². The zero-order valence-corrected chi connectivity index (χ0v) is 11.7. The molecule has 1 saturated heterocycles. The van der Waals surface area contributed by atoms with E-state index in [0.29, 0.717) is 0 Å². The number of rotatable bonds is 1. The second-order valence-corrected chi connectivity index (χ2v) is 5.79. The SMILES string of the molecule is COc1ccc2c(c1)C1(C)CCN(C)C(C2)/C1=N/O. The van der Waals surface area contributed by atoms with E-state index in [2.05, 4.69) is 36.2 Å². The summed E-state index contributed by atoms with van der Waals surface area (Å²) in [6.45, 7) is 3.20. The van der Waals surface area contributed by atoms with E-state index in [1.807, 2.05) is 6.07 Å². The van der Waals surface area contributed by atoms with Crippen molar-refractivity contribution in [2.45, 2.75) is 31.2 Å². The molecule has 0 spiro atoms. The fraction of sp³-hybridized carbons (Fsp3) is 0.533. The number of oxime groups is 1. The lowest BCUT2D eigenvalue weighted by molar-refractivity contribution is 0.209. The molecule has 0 saturated carbocycles. The van der Waals surface area contributed by atoms with Gasteiger partial charge in [0, 0.05) is 5.41 Å². The number of hydrogen-bond donors (Lipinski definition) is 1. The highest BCUT2D eigenvalue weighted by Crippen LogP contribution is 2.43. The molecule has 1 heterocycles. The standard InChI is InChI=1S/C15H20N2O2/c1-15-6-7-17(2)13(14(15)16-18)8-10-4-5-11(19-3)9-12(10)15/h4-5,9,13,18H,6-8H2,1-3H3/b16-14-. The van der Waals surface area contributed by atoms with Crippen molar-refractivity contribution < 1.29 is 9.94 Å². The van der Waals surface area contributed by atoms with Gasteiger partial charge in [-0.25, -0.2) is 0 Å². The minimum absolute atomic E-state index is 0.173. The van der Waals surface area contributed by atoms with Crippen molar-refractivity contribution in [2.75, 3.05) is 20.7 Å². The lowest BCUT2D eigenvalue weighted by Gasteiger charge is -2.49. The van der Waals surface area contributed by atoms with E-state index in [1.54, 1.807) is 7.11 Å². The van der Waals surface area contributed by atoms with E-state index in [9.17, 15) is 5.21 Å². The second-order valence-electron chi connectivity index (χ2n) is 5.79. The zero-order chi connectivity index (χ0) is 13.6. The number of piperidine rings is 1. The van der Waals surface area contributed by atoms with Crippen LogP contribution in [0.4, 0.5) is 0 Å². The van der Waals surface area contributed by atoms with Crippen LogP contribution in [-0.4, -0.2) is 42.6 Å². The maximum Gasteiger partial charge on any atom is 0.119 e. The first-order chi connectivity index (χ1) is 9.10. The molecule has 3 rings (SSSR count). The third-order valence-corrected chi connectivity index (χ3v) is 4.81. The highest BCUT2D eigenvalue weighted by atomic mass is 16.5. The van der Waals surface area contributed by atoms with Gasteiger partial charge in [-0.1, -0.05) is 11.2 Å². The Kier molecular flexibility index (Phi) is 2.78. The van der Waals surface area contributed by atoms with Crippen molar-refractivity contribution in [3.8, 4) is 5.75 Å². The van der Waals surface area contributed by atoms with Crippen LogP contribution in [0.25, 0.3) is 0 Å². The first-order valence-electron chi connectivity index (χ1n) is 6.70. The van der Waals surface area contributed by atoms with Crippen molar-refractivity contribution >= 4 is 5.71 Å². The number of likely N-dealkylation sites (N-methyl/N-ethyl adjacent to an activating group) is 1. The number of nitrogens with zero attached hydrogens (tertiary/aromatic N) is 2. The van der Waals surface area contributed by atoms with Gasteiger partial charge in [0.15, 0.2) is 0 Å². The van der Waals surface area contributed by atoms with Gasteiger partial charge in [0.25, 0.3) is 0 Å². The molecule has 0 radical (unpaired) electrons. The lowest BCUT2D eigenvalue weighted by Crippen LogP contribution is -2.58. The van der Waals surface area contributed by atoms with Crippen LogP contribution in [0.1, 0.15) is 24.5 Å². The number of ether oxygens (including phenoxy) is 1. The fourth-order valence-electron chi connectivity index (χ4n) is 3.55. The molecule has 4 heteroatoms. The summed E-state index contributed by atoms with van der Waals surface area (Å²) in [5.41, 5.74) is 3.31. The van der Waals surface area contributed by atoms with Gasteiger partial charge in [-0.15, -0.1) is 0 Å². The van der Waals surface area contributed by atoms with Gasteiger partial charge in [-0.3, -0.25) is 4.90 Å². The predicted molar refractivity (Wildman–Crippen MR) is 74.3 cm³/mol. The monoisotopic (exact) mass is 260 g/mol. The maximum atomic E-state index is 9.46. The molecule has 19 heavy (non-hydrogen) atoms. The van der Waals surface area contributed by atoms with Crippen LogP contribution in [0.15, 0.2) is 23.4 Å². The Labute approximate surface area is 113 Å². The Balaban J connectivity index is 2.19. The molecule has 1 N–H and O–H groups in total. The van der Waals surface area contributed by atoms with Gasteiger partial charge in [0.2, 0.25) is 0 Å². The minimum atomic E-state index is -0.173. The second kappa shape index (κ2) is 4.23. The molecule has 102 valence electrons. The largest absolute Gasteiger partial charge is 0.497 e. The van der Waals surface area contributed by atoms with E-state index in [-0.39, 0.29) is 11.5 Å². The summed E-state index contributed by atoms with van der Waals surface area (Å²) in [5, 5.41) is 13.1. The van der Waals surface area contributed by atoms with Gasteiger partial charge in [0.05, 0.1) is 18.9 Å². The number of likely N-dealkylation sites (tertiary alicyclic amines) is 1. The maximum absolute atomic E-state index is 9.46. The zero-order valence-electron chi connectivity index (χ0n) is 11.7. The molecular weight excluding hydrogens is 240 g/mol. The van der Waals surface area contributed by atoms with Gasteiger partial charge in [-0.2, -0.15) is 0 Å². The van der Waals surface area contributed by atoms with Gasteiger partial charge >= 0.3 is 0 Å². The average molecular weight is 260 g/mol. The lowest BCUT2D eigenvalue weighted by atomic mass is 9.63. The number of hydrogen-bond acceptors (Lipinski definition) is 4. The first-order valence-corrected chi connectivity index (χ1v) is 6.70. The summed E-state index contributed by atoms with van der Waals surface area (Å²) in [6, 6.07) is 6.47. The van der Waals surface area contributed by atoms with E-state index in [1.165, 1.54) is 11.1 Å². The van der Waals surface area contributed by atoms with Crippen LogP contribution in [0.2, 0.25) is 0 Å². The van der Waals surface area contributed by atoms with Crippen LogP contribution >= 0.6 is 0 Å². The van der Waals surface area contributed by atoms with Crippen LogP contribution in [-0.2, 0) is 11.8 Å². The summed E-state index contributed by atoms with van der Waals surface area (Å²) in [4.78, 5) is 2.28. The minimum Gasteiger partial charge on any atom is -0.497 e. The van der Waals surface area contributed by atoms with Gasteiger partial charge in [0.1, 0.15) is 5.75 Å². The molecular formula is C15H20N2O2. The summed E-state index contributed by atoms with van der Waals surface area (Å²) < 4.78 is 5.34. The van der Waals surface area contributed by atoms with Crippen molar-refractivity contribution in [2.24, 2.45) is 5.16 Å². The molecule has 1 aliphatic heterocycles. The molecule has 0 aromatic heterocycles. The van der Waals surface area contributed by atoms with Gasteiger partial charge in [-0.05, 0) is 56.6 Å². The Morgan fingerprint density at radius 1 is 1.47 bits per heavy atom. The molecule has 1 aliphatic carbocycles. The third kappa shape index (κ3) is 1.66. The summed E-state index contributed by atoms with van der Waals surface area (Å²) >= 11 is 0. The molecule has 2 bridgehead atoms. The van der Waals surface area contributed by atoms with Crippen LogP contribution in [0.3, 0.4) is 0 Å². The Bertz CT molecular complexity index is 541. The van der Waals surface area contributed by atoms with E-state index < -0.39 is 0 Å². The van der Waals surface area contributed by atoms with Gasteiger partial charge < -0.3 is 9.94 Å². The van der Waals surface area contributed by atoms with Crippen LogP contribution in [0, 0.1) is 0 Å². The number of benzene rings is 1. The van der Waals surface area contributed by atoms with E-state index >= 15 is 0 Å². The van der Waals surface area contributed by atoms with Crippen molar-refractivity contribution in [1.82, 2.24) is 4.90 Å². The highest BCUT2D eigenvalue weighted by Gasteiger charge is 2.47. The third-order valence-electron chi connectivity index (χ3n) is 4.81. The Hall–Kier alpha value is -1.55. The average Bonchev–Trinajstić information content (AvgIpc) is 2.43. The highest BCUT2D eigenvalue weighted by molar-refractivity contribution is 6.01. The van der Waals surface area contributed by atoms with Crippen molar-refractivity contribution in [3.05, 3.63) is 29.3 Å². The quantitative estimate of drug-likeness (QED) is 0.621.